The Hall–Kier alpha value is -1.59. The average Bonchev–Trinajstić information content (AvgIpc) is 2.38. The summed E-state index contributed by atoms with van der Waals surface area (Å²) in [6, 6.07) is 5.30. The van der Waals surface area contributed by atoms with Gasteiger partial charge in [-0.3, -0.25) is 4.90 Å². The van der Waals surface area contributed by atoms with Crippen LogP contribution in [0.25, 0.3) is 0 Å². The van der Waals surface area contributed by atoms with Crippen molar-refractivity contribution in [3.05, 3.63) is 29.3 Å². The summed E-state index contributed by atoms with van der Waals surface area (Å²) >= 11 is 0. The van der Waals surface area contributed by atoms with Gasteiger partial charge in [-0.1, -0.05) is 6.07 Å². The SMILES string of the molecule is COc1ccc(CN2CCOC(C)C2)cc1C(=O)O. The Morgan fingerprint density at radius 1 is 1.58 bits per heavy atom. The van der Waals surface area contributed by atoms with Crippen molar-refractivity contribution in [2.75, 3.05) is 26.8 Å². The second-order valence-corrected chi connectivity index (χ2v) is 4.76. The lowest BCUT2D eigenvalue weighted by Gasteiger charge is -2.31. The fraction of sp³-hybridized carbons (Fsp3) is 0.500. The van der Waals surface area contributed by atoms with Gasteiger partial charge in [0.25, 0.3) is 0 Å². The van der Waals surface area contributed by atoms with Crippen molar-refractivity contribution >= 4 is 5.97 Å². The molecule has 0 amide bonds. The van der Waals surface area contributed by atoms with Crippen LogP contribution in [0.3, 0.4) is 0 Å². The van der Waals surface area contributed by atoms with E-state index in [1.807, 2.05) is 13.0 Å². The topological polar surface area (TPSA) is 59.0 Å². The zero-order chi connectivity index (χ0) is 13.8. The first-order valence-electron chi connectivity index (χ1n) is 6.34. The van der Waals surface area contributed by atoms with Crippen molar-refractivity contribution in [3.63, 3.8) is 0 Å². The largest absolute Gasteiger partial charge is 0.496 e. The highest BCUT2D eigenvalue weighted by Gasteiger charge is 2.18. The predicted molar refractivity (Wildman–Crippen MR) is 70.6 cm³/mol. The van der Waals surface area contributed by atoms with Crippen LogP contribution in [-0.4, -0.2) is 48.9 Å². The molecule has 1 aliphatic heterocycles. The summed E-state index contributed by atoms with van der Waals surface area (Å²) in [5.74, 6) is -0.569. The second kappa shape index (κ2) is 6.04. The molecular weight excluding hydrogens is 246 g/mol. The first-order chi connectivity index (χ1) is 9.10. The lowest BCUT2D eigenvalue weighted by Crippen LogP contribution is -2.40. The number of carboxylic acid groups (broad SMARTS) is 1. The van der Waals surface area contributed by atoms with E-state index >= 15 is 0 Å². The fourth-order valence-electron chi connectivity index (χ4n) is 2.31. The van der Waals surface area contributed by atoms with Crippen LogP contribution in [0, 0.1) is 0 Å². The van der Waals surface area contributed by atoms with E-state index in [-0.39, 0.29) is 11.7 Å². The van der Waals surface area contributed by atoms with E-state index in [2.05, 4.69) is 4.90 Å². The van der Waals surface area contributed by atoms with Gasteiger partial charge in [0.05, 0.1) is 19.8 Å². The molecule has 1 unspecified atom stereocenters. The highest BCUT2D eigenvalue weighted by Crippen LogP contribution is 2.21. The molecule has 0 bridgehead atoms. The summed E-state index contributed by atoms with van der Waals surface area (Å²) in [6.45, 7) is 5.25. The van der Waals surface area contributed by atoms with Crippen molar-refractivity contribution in [2.24, 2.45) is 0 Å². The van der Waals surface area contributed by atoms with Gasteiger partial charge >= 0.3 is 5.97 Å². The summed E-state index contributed by atoms with van der Waals surface area (Å²) in [5, 5.41) is 9.16. The van der Waals surface area contributed by atoms with Crippen LogP contribution in [0.4, 0.5) is 0 Å². The number of methoxy groups -OCH3 is 1. The smallest absolute Gasteiger partial charge is 0.339 e. The van der Waals surface area contributed by atoms with Crippen LogP contribution >= 0.6 is 0 Å². The second-order valence-electron chi connectivity index (χ2n) is 4.76. The summed E-state index contributed by atoms with van der Waals surface area (Å²) in [4.78, 5) is 13.4. The molecule has 1 saturated heterocycles. The number of carbonyl (C=O) groups is 1. The predicted octanol–water partition coefficient (Wildman–Crippen LogP) is 1.61. The van der Waals surface area contributed by atoms with E-state index in [0.717, 1.165) is 31.8 Å². The van der Waals surface area contributed by atoms with Crippen molar-refractivity contribution in [2.45, 2.75) is 19.6 Å². The molecule has 1 fully saturated rings. The number of morpholine rings is 1. The van der Waals surface area contributed by atoms with Gasteiger partial charge in [0.15, 0.2) is 0 Å². The van der Waals surface area contributed by atoms with Crippen LogP contribution < -0.4 is 4.74 Å². The van der Waals surface area contributed by atoms with E-state index in [4.69, 9.17) is 14.6 Å². The molecule has 1 aromatic rings. The molecule has 0 spiro atoms. The average molecular weight is 265 g/mol. The number of aromatic carboxylic acids is 1. The first-order valence-corrected chi connectivity index (χ1v) is 6.34. The number of hydrogen-bond acceptors (Lipinski definition) is 4. The molecule has 104 valence electrons. The van der Waals surface area contributed by atoms with Gasteiger partial charge in [0.2, 0.25) is 0 Å². The van der Waals surface area contributed by atoms with Crippen LogP contribution in [0.1, 0.15) is 22.8 Å². The van der Waals surface area contributed by atoms with Gasteiger partial charge in [-0.15, -0.1) is 0 Å². The van der Waals surface area contributed by atoms with Gasteiger partial charge in [0.1, 0.15) is 11.3 Å². The van der Waals surface area contributed by atoms with Crippen molar-refractivity contribution in [1.29, 1.82) is 0 Å². The zero-order valence-electron chi connectivity index (χ0n) is 11.3. The Balaban J connectivity index is 2.12. The molecule has 2 rings (SSSR count). The molecule has 19 heavy (non-hydrogen) atoms. The Labute approximate surface area is 112 Å². The third-order valence-corrected chi connectivity index (χ3v) is 3.23. The van der Waals surface area contributed by atoms with Gasteiger partial charge in [0, 0.05) is 19.6 Å². The van der Waals surface area contributed by atoms with E-state index in [1.165, 1.54) is 7.11 Å². The fourth-order valence-corrected chi connectivity index (χ4v) is 2.31. The highest BCUT2D eigenvalue weighted by molar-refractivity contribution is 5.91. The molecule has 5 nitrogen and oxygen atoms in total. The molecule has 0 radical (unpaired) electrons. The van der Waals surface area contributed by atoms with E-state index in [1.54, 1.807) is 12.1 Å². The molecule has 1 aliphatic rings. The maximum Gasteiger partial charge on any atom is 0.339 e. The minimum Gasteiger partial charge on any atom is -0.496 e. The van der Waals surface area contributed by atoms with Gasteiger partial charge in [-0.25, -0.2) is 4.79 Å². The summed E-state index contributed by atoms with van der Waals surface area (Å²) < 4.78 is 10.5. The molecular formula is C14H19NO4. The van der Waals surface area contributed by atoms with Gasteiger partial charge < -0.3 is 14.6 Å². The Morgan fingerprint density at radius 2 is 2.37 bits per heavy atom. The van der Waals surface area contributed by atoms with Crippen molar-refractivity contribution < 1.29 is 19.4 Å². The molecule has 1 N–H and O–H groups in total. The maximum atomic E-state index is 11.2. The number of rotatable bonds is 4. The van der Waals surface area contributed by atoms with Gasteiger partial charge in [-0.2, -0.15) is 0 Å². The highest BCUT2D eigenvalue weighted by atomic mass is 16.5. The van der Waals surface area contributed by atoms with Gasteiger partial charge in [-0.05, 0) is 24.6 Å². The molecule has 0 saturated carbocycles. The zero-order valence-corrected chi connectivity index (χ0v) is 11.3. The molecule has 1 heterocycles. The number of nitrogens with zero attached hydrogens (tertiary/aromatic N) is 1. The maximum absolute atomic E-state index is 11.2. The molecule has 0 aliphatic carbocycles. The Morgan fingerprint density at radius 3 is 3.00 bits per heavy atom. The summed E-state index contributed by atoms with van der Waals surface area (Å²) in [6.07, 6.45) is 0.228. The number of hydrogen-bond donors (Lipinski definition) is 1. The molecule has 1 aromatic carbocycles. The normalized spacial score (nSPS) is 20.2. The van der Waals surface area contributed by atoms with E-state index < -0.39 is 5.97 Å². The minimum atomic E-state index is -0.964. The standard InChI is InChI=1S/C14H19NO4/c1-10-8-15(5-6-19-10)9-11-3-4-13(18-2)12(7-11)14(16)17/h3-4,7,10H,5-6,8-9H2,1-2H3,(H,16,17). The van der Waals surface area contributed by atoms with Crippen LogP contribution in [0.5, 0.6) is 5.75 Å². The summed E-state index contributed by atoms with van der Waals surface area (Å²) in [7, 11) is 1.48. The van der Waals surface area contributed by atoms with Crippen LogP contribution in [0.15, 0.2) is 18.2 Å². The third kappa shape index (κ3) is 3.45. The monoisotopic (exact) mass is 265 g/mol. The number of benzene rings is 1. The van der Waals surface area contributed by atoms with E-state index in [0.29, 0.717) is 5.75 Å². The quantitative estimate of drug-likeness (QED) is 0.896. The summed E-state index contributed by atoms with van der Waals surface area (Å²) in [5.41, 5.74) is 1.19. The number of carboxylic acids is 1. The van der Waals surface area contributed by atoms with Crippen LogP contribution in [-0.2, 0) is 11.3 Å². The van der Waals surface area contributed by atoms with Crippen molar-refractivity contribution in [3.8, 4) is 5.75 Å². The minimum absolute atomic E-state index is 0.210. The molecule has 5 heteroatoms. The third-order valence-electron chi connectivity index (χ3n) is 3.23. The lowest BCUT2D eigenvalue weighted by molar-refractivity contribution is -0.0212. The van der Waals surface area contributed by atoms with Crippen molar-refractivity contribution in [1.82, 2.24) is 4.90 Å². The first kappa shape index (κ1) is 13.8. The van der Waals surface area contributed by atoms with Crippen LogP contribution in [0.2, 0.25) is 0 Å². The number of ether oxygens (including phenoxy) is 2. The Kier molecular flexibility index (Phi) is 4.39. The Bertz CT molecular complexity index is 461. The molecule has 1 atom stereocenters. The molecule has 0 aromatic heterocycles. The van der Waals surface area contributed by atoms with E-state index in [9.17, 15) is 4.79 Å². The lowest BCUT2D eigenvalue weighted by atomic mass is 10.1.